The summed E-state index contributed by atoms with van der Waals surface area (Å²) in [6.45, 7) is 6.83. The molecule has 0 aromatic carbocycles. The topological polar surface area (TPSA) is 92.2 Å². The fourth-order valence-electron chi connectivity index (χ4n) is 2.43. The highest BCUT2D eigenvalue weighted by Gasteiger charge is 2.25. The van der Waals surface area contributed by atoms with Crippen molar-refractivity contribution in [1.82, 2.24) is 30.3 Å². The highest BCUT2D eigenvalue weighted by molar-refractivity contribution is 8.00. The van der Waals surface area contributed by atoms with E-state index in [-0.39, 0.29) is 11.9 Å². The number of thioether (sulfide) groups is 1. The molecule has 0 saturated carbocycles. The minimum absolute atomic E-state index is 0.175. The quantitative estimate of drug-likeness (QED) is 0.646. The first-order valence-electron chi connectivity index (χ1n) is 8.64. The van der Waals surface area contributed by atoms with Gasteiger partial charge in [0.15, 0.2) is 11.0 Å². The van der Waals surface area contributed by atoms with E-state index in [4.69, 9.17) is 0 Å². The van der Waals surface area contributed by atoms with Gasteiger partial charge >= 0.3 is 6.03 Å². The minimum Gasteiger partial charge on any atom is -0.341 e. The Hall–Kier alpha value is -1.61. The van der Waals surface area contributed by atoms with E-state index in [2.05, 4.69) is 44.1 Å². The summed E-state index contributed by atoms with van der Waals surface area (Å²) in [5, 5.41) is 13.6. The monoisotopic (exact) mass is 370 g/mol. The lowest BCUT2D eigenvalue weighted by Gasteiger charge is -2.23. The van der Waals surface area contributed by atoms with Gasteiger partial charge in [0.25, 0.3) is 0 Å². The van der Waals surface area contributed by atoms with Gasteiger partial charge in [-0.3, -0.25) is 15.0 Å². The zero-order valence-electron chi connectivity index (χ0n) is 16.0. The maximum atomic E-state index is 12.1. The Labute approximate surface area is 154 Å². The number of nitrogens with one attached hydrogen (secondary N) is 2. The summed E-state index contributed by atoms with van der Waals surface area (Å²) in [7, 11) is 5.53. The second-order valence-electron chi connectivity index (χ2n) is 6.06. The van der Waals surface area contributed by atoms with Gasteiger partial charge < -0.3 is 9.88 Å². The standard InChI is InChI=1S/C16H30N6O2S/c1-7-9-10-22-13(12(8-2)21(5)6)19-20-16(22)25-11(3)14(23)18-15(24)17-4/h11-12H,7-10H2,1-6H3,(H2,17,18,23,24)/t11-,12+/m0/s1. The van der Waals surface area contributed by atoms with E-state index in [1.54, 1.807) is 6.92 Å². The molecule has 0 spiro atoms. The molecule has 8 nitrogen and oxygen atoms in total. The number of hydrogen-bond acceptors (Lipinski definition) is 6. The van der Waals surface area contributed by atoms with Crippen LogP contribution < -0.4 is 10.6 Å². The summed E-state index contributed by atoms with van der Waals surface area (Å²) < 4.78 is 2.10. The first-order valence-corrected chi connectivity index (χ1v) is 9.52. The lowest BCUT2D eigenvalue weighted by molar-refractivity contribution is -0.119. The molecule has 0 saturated heterocycles. The third-order valence-corrected chi connectivity index (χ3v) is 4.98. The Balaban J connectivity index is 3.00. The van der Waals surface area contributed by atoms with Gasteiger partial charge in [0.05, 0.1) is 11.3 Å². The number of imide groups is 1. The molecule has 2 atom stereocenters. The smallest absolute Gasteiger partial charge is 0.321 e. The predicted molar refractivity (Wildman–Crippen MR) is 99.6 cm³/mol. The van der Waals surface area contributed by atoms with Gasteiger partial charge in [-0.15, -0.1) is 10.2 Å². The fourth-order valence-corrected chi connectivity index (χ4v) is 3.31. The molecule has 1 aromatic heterocycles. The van der Waals surface area contributed by atoms with Gasteiger partial charge in [-0.1, -0.05) is 32.0 Å². The van der Waals surface area contributed by atoms with Crippen LogP contribution in [-0.2, 0) is 11.3 Å². The van der Waals surface area contributed by atoms with Crippen LogP contribution in [0.25, 0.3) is 0 Å². The summed E-state index contributed by atoms with van der Waals surface area (Å²) in [5.74, 6) is 0.568. The van der Waals surface area contributed by atoms with Crippen molar-refractivity contribution in [2.45, 2.75) is 63.0 Å². The van der Waals surface area contributed by atoms with E-state index >= 15 is 0 Å². The molecule has 142 valence electrons. The number of amides is 3. The largest absolute Gasteiger partial charge is 0.341 e. The van der Waals surface area contributed by atoms with Crippen LogP contribution in [0.1, 0.15) is 51.9 Å². The second kappa shape index (κ2) is 10.4. The Bertz CT molecular complexity index is 575. The molecule has 0 aliphatic carbocycles. The van der Waals surface area contributed by atoms with Gasteiger partial charge in [-0.25, -0.2) is 4.79 Å². The number of rotatable bonds is 9. The van der Waals surface area contributed by atoms with Crippen LogP contribution in [0.2, 0.25) is 0 Å². The van der Waals surface area contributed by atoms with Crippen LogP contribution in [-0.4, -0.2) is 58.0 Å². The first-order chi connectivity index (χ1) is 11.8. The zero-order chi connectivity index (χ0) is 19.0. The van der Waals surface area contributed by atoms with Crippen LogP contribution in [0.3, 0.4) is 0 Å². The van der Waals surface area contributed by atoms with Crippen molar-refractivity contribution in [2.75, 3.05) is 21.1 Å². The van der Waals surface area contributed by atoms with Crippen LogP contribution >= 0.6 is 11.8 Å². The van der Waals surface area contributed by atoms with Crippen molar-refractivity contribution in [3.8, 4) is 0 Å². The van der Waals surface area contributed by atoms with Gasteiger partial charge in [-0.2, -0.15) is 0 Å². The molecule has 1 heterocycles. The van der Waals surface area contributed by atoms with Crippen molar-refractivity contribution >= 4 is 23.7 Å². The summed E-state index contributed by atoms with van der Waals surface area (Å²) in [5.41, 5.74) is 0. The van der Waals surface area contributed by atoms with Crippen LogP contribution in [0.5, 0.6) is 0 Å². The molecule has 9 heteroatoms. The molecule has 0 unspecified atom stereocenters. The molecule has 25 heavy (non-hydrogen) atoms. The lowest BCUT2D eigenvalue weighted by Crippen LogP contribution is -2.41. The van der Waals surface area contributed by atoms with E-state index in [1.165, 1.54) is 18.8 Å². The molecular weight excluding hydrogens is 340 g/mol. The Morgan fingerprint density at radius 3 is 2.48 bits per heavy atom. The number of carbonyl (C=O) groups is 2. The highest BCUT2D eigenvalue weighted by Crippen LogP contribution is 2.28. The van der Waals surface area contributed by atoms with E-state index in [0.717, 1.165) is 31.6 Å². The van der Waals surface area contributed by atoms with Crippen LogP contribution in [0, 0.1) is 0 Å². The average Bonchev–Trinajstić information content (AvgIpc) is 2.95. The first kappa shape index (κ1) is 21.4. The lowest BCUT2D eigenvalue weighted by atomic mass is 10.2. The Morgan fingerprint density at radius 1 is 1.28 bits per heavy atom. The maximum absolute atomic E-state index is 12.1. The number of aromatic nitrogens is 3. The maximum Gasteiger partial charge on any atom is 0.321 e. The van der Waals surface area contributed by atoms with Gasteiger partial charge in [-0.05, 0) is 33.9 Å². The number of unbranched alkanes of at least 4 members (excludes halogenated alkanes) is 1. The third kappa shape index (κ3) is 6.00. The molecule has 0 aliphatic heterocycles. The SMILES string of the molecule is CCCCn1c(S[C@@H](C)C(=O)NC(=O)NC)nnc1[C@@H](CC)N(C)C. The number of nitrogens with zero attached hydrogens (tertiary/aromatic N) is 4. The molecule has 0 fully saturated rings. The number of hydrogen-bond donors (Lipinski definition) is 2. The molecular formula is C16H30N6O2S. The molecule has 1 aromatic rings. The van der Waals surface area contributed by atoms with E-state index in [1.807, 2.05) is 14.1 Å². The summed E-state index contributed by atoms with van der Waals surface area (Å²) in [6.07, 6.45) is 3.00. The minimum atomic E-state index is -0.510. The molecule has 1 rings (SSSR count). The second-order valence-corrected chi connectivity index (χ2v) is 7.37. The van der Waals surface area contributed by atoms with E-state index in [0.29, 0.717) is 5.16 Å². The summed E-state index contributed by atoms with van der Waals surface area (Å²) in [6, 6.07) is -0.335. The van der Waals surface area contributed by atoms with Crippen LogP contribution in [0.4, 0.5) is 4.79 Å². The summed E-state index contributed by atoms with van der Waals surface area (Å²) in [4.78, 5) is 25.5. The number of carbonyl (C=O) groups excluding carboxylic acids is 2. The zero-order valence-corrected chi connectivity index (χ0v) is 16.8. The molecule has 2 N–H and O–H groups in total. The molecule has 0 aliphatic rings. The van der Waals surface area contributed by atoms with Crippen molar-refractivity contribution in [2.24, 2.45) is 0 Å². The Morgan fingerprint density at radius 2 is 1.96 bits per heavy atom. The molecule has 0 radical (unpaired) electrons. The highest BCUT2D eigenvalue weighted by atomic mass is 32.2. The average molecular weight is 371 g/mol. The molecule has 0 bridgehead atoms. The molecule has 3 amide bonds. The van der Waals surface area contributed by atoms with Crippen molar-refractivity contribution < 1.29 is 9.59 Å². The van der Waals surface area contributed by atoms with E-state index in [9.17, 15) is 9.59 Å². The van der Waals surface area contributed by atoms with Crippen molar-refractivity contribution in [3.63, 3.8) is 0 Å². The van der Waals surface area contributed by atoms with Gasteiger partial charge in [0, 0.05) is 13.6 Å². The normalized spacial score (nSPS) is 13.6. The van der Waals surface area contributed by atoms with Crippen molar-refractivity contribution in [1.29, 1.82) is 0 Å². The van der Waals surface area contributed by atoms with Gasteiger partial charge in [0.2, 0.25) is 5.91 Å². The summed E-state index contributed by atoms with van der Waals surface area (Å²) >= 11 is 1.32. The van der Waals surface area contributed by atoms with E-state index < -0.39 is 11.3 Å². The van der Waals surface area contributed by atoms with Crippen molar-refractivity contribution in [3.05, 3.63) is 5.82 Å². The third-order valence-electron chi connectivity index (χ3n) is 3.90. The Kier molecular flexibility index (Phi) is 8.91. The fraction of sp³-hybridized carbons (Fsp3) is 0.750. The predicted octanol–water partition coefficient (Wildman–Crippen LogP) is 2.03. The number of urea groups is 1. The van der Waals surface area contributed by atoms with Crippen LogP contribution in [0.15, 0.2) is 5.16 Å². The van der Waals surface area contributed by atoms with Gasteiger partial charge in [0.1, 0.15) is 0 Å².